The van der Waals surface area contributed by atoms with Crippen LogP contribution in [0.5, 0.6) is 0 Å². The fourth-order valence-corrected chi connectivity index (χ4v) is 2.99. The summed E-state index contributed by atoms with van der Waals surface area (Å²) in [5, 5.41) is 0. The molecule has 2 aromatic rings. The van der Waals surface area contributed by atoms with Crippen molar-refractivity contribution in [2.24, 2.45) is 0 Å². The highest BCUT2D eigenvalue weighted by atomic mass is 15.2. The Labute approximate surface area is 108 Å². The second-order valence-electron chi connectivity index (χ2n) is 5.37. The van der Waals surface area contributed by atoms with Crippen LogP contribution in [0, 0.1) is 0 Å². The van der Waals surface area contributed by atoms with Crippen molar-refractivity contribution in [1.29, 1.82) is 0 Å². The predicted octanol–water partition coefficient (Wildman–Crippen LogP) is 2.30. The number of imidazole rings is 1. The minimum absolute atomic E-state index is 0.625. The zero-order chi connectivity index (χ0) is 12.5. The number of fused-ring (bicyclic) bond motifs is 1. The summed E-state index contributed by atoms with van der Waals surface area (Å²) in [7, 11) is 0. The van der Waals surface area contributed by atoms with E-state index in [1.807, 2.05) is 24.7 Å². The topological polar surface area (TPSA) is 34.0 Å². The van der Waals surface area contributed by atoms with Crippen LogP contribution in [0.3, 0.4) is 0 Å². The lowest BCUT2D eigenvalue weighted by Gasteiger charge is -2.28. The van der Waals surface area contributed by atoms with Gasteiger partial charge in [-0.2, -0.15) is 0 Å². The van der Waals surface area contributed by atoms with Gasteiger partial charge < -0.3 is 4.57 Å². The lowest BCUT2D eigenvalue weighted by molar-refractivity contribution is 0.188. The van der Waals surface area contributed by atoms with Gasteiger partial charge in [0.15, 0.2) is 5.65 Å². The van der Waals surface area contributed by atoms with Crippen LogP contribution in [0.4, 0.5) is 0 Å². The first kappa shape index (κ1) is 11.7. The molecular weight excluding hydrogens is 224 g/mol. The van der Waals surface area contributed by atoms with Crippen molar-refractivity contribution in [3.05, 3.63) is 24.7 Å². The summed E-state index contributed by atoms with van der Waals surface area (Å²) in [6.45, 7) is 6.79. The molecular formula is C14H20N4. The third-order valence-corrected chi connectivity index (χ3v) is 3.87. The number of aromatic nitrogens is 3. The molecule has 18 heavy (non-hydrogen) atoms. The number of rotatable bonds is 3. The zero-order valence-electron chi connectivity index (χ0n) is 11.1. The minimum Gasteiger partial charge on any atom is -0.314 e. The van der Waals surface area contributed by atoms with Gasteiger partial charge in [-0.25, -0.2) is 9.97 Å². The van der Waals surface area contributed by atoms with E-state index >= 15 is 0 Å². The van der Waals surface area contributed by atoms with Crippen LogP contribution in [-0.4, -0.2) is 38.1 Å². The van der Waals surface area contributed by atoms with Crippen LogP contribution in [0.2, 0.25) is 0 Å². The van der Waals surface area contributed by atoms with E-state index in [9.17, 15) is 0 Å². The van der Waals surface area contributed by atoms with Crippen LogP contribution in [0.1, 0.15) is 26.7 Å². The van der Waals surface area contributed by atoms with E-state index in [1.54, 1.807) is 0 Å². The second-order valence-corrected chi connectivity index (χ2v) is 5.37. The fraction of sp³-hybridized carbons (Fsp3) is 0.571. The molecule has 0 spiro atoms. The molecule has 3 heterocycles. The number of likely N-dealkylation sites (tertiary alicyclic amines) is 1. The normalized spacial score (nSPS) is 21.2. The molecule has 0 aromatic carbocycles. The lowest BCUT2D eigenvalue weighted by atomic mass is 10.2. The fourth-order valence-electron chi connectivity index (χ4n) is 2.99. The van der Waals surface area contributed by atoms with E-state index < -0.39 is 0 Å². The zero-order valence-corrected chi connectivity index (χ0v) is 11.1. The molecule has 0 aliphatic carbocycles. The Hall–Kier alpha value is -1.42. The first-order valence-corrected chi connectivity index (χ1v) is 6.77. The van der Waals surface area contributed by atoms with E-state index in [0.717, 1.165) is 17.7 Å². The van der Waals surface area contributed by atoms with Crippen molar-refractivity contribution >= 4 is 11.2 Å². The SMILES string of the molecule is CC(C)N1CCCC1Cn1cnc2cccnc21. The molecule has 1 unspecified atom stereocenters. The van der Waals surface area contributed by atoms with E-state index in [1.165, 1.54) is 19.4 Å². The highest BCUT2D eigenvalue weighted by Gasteiger charge is 2.27. The summed E-state index contributed by atoms with van der Waals surface area (Å²) in [5.41, 5.74) is 2.00. The maximum Gasteiger partial charge on any atom is 0.159 e. The van der Waals surface area contributed by atoms with Gasteiger partial charge in [-0.3, -0.25) is 4.90 Å². The highest BCUT2D eigenvalue weighted by Crippen LogP contribution is 2.22. The third-order valence-electron chi connectivity index (χ3n) is 3.87. The van der Waals surface area contributed by atoms with Crippen LogP contribution in [0.25, 0.3) is 11.2 Å². The summed E-state index contributed by atoms with van der Waals surface area (Å²) >= 11 is 0. The van der Waals surface area contributed by atoms with Crippen molar-refractivity contribution in [3.8, 4) is 0 Å². The first-order chi connectivity index (χ1) is 8.75. The quantitative estimate of drug-likeness (QED) is 0.831. The third kappa shape index (κ3) is 2.01. The molecule has 0 bridgehead atoms. The molecule has 1 fully saturated rings. The molecule has 1 saturated heterocycles. The standard InChI is InChI=1S/C14H20N4/c1-11(2)18-8-4-5-12(18)9-17-10-16-13-6-3-7-15-14(13)17/h3,6-7,10-12H,4-5,8-9H2,1-2H3. The van der Waals surface area contributed by atoms with E-state index in [0.29, 0.717) is 12.1 Å². The number of hydrogen-bond acceptors (Lipinski definition) is 3. The van der Waals surface area contributed by atoms with Crippen LogP contribution >= 0.6 is 0 Å². The van der Waals surface area contributed by atoms with E-state index in [2.05, 4.69) is 33.3 Å². The van der Waals surface area contributed by atoms with Crippen LogP contribution in [0.15, 0.2) is 24.7 Å². The van der Waals surface area contributed by atoms with Crippen molar-refractivity contribution in [3.63, 3.8) is 0 Å². The monoisotopic (exact) mass is 244 g/mol. The van der Waals surface area contributed by atoms with Crippen molar-refractivity contribution in [2.45, 2.75) is 45.3 Å². The molecule has 1 aliphatic rings. The van der Waals surface area contributed by atoms with E-state index in [4.69, 9.17) is 0 Å². The van der Waals surface area contributed by atoms with Crippen LogP contribution in [-0.2, 0) is 6.54 Å². The van der Waals surface area contributed by atoms with Crippen molar-refractivity contribution < 1.29 is 0 Å². The molecule has 0 saturated carbocycles. The number of pyridine rings is 1. The largest absolute Gasteiger partial charge is 0.314 e. The molecule has 0 amide bonds. The average Bonchev–Trinajstić information content (AvgIpc) is 2.97. The van der Waals surface area contributed by atoms with Gasteiger partial charge in [-0.15, -0.1) is 0 Å². The Morgan fingerprint density at radius 3 is 3.11 bits per heavy atom. The van der Waals surface area contributed by atoms with Gasteiger partial charge >= 0.3 is 0 Å². The maximum atomic E-state index is 4.44. The van der Waals surface area contributed by atoms with Gasteiger partial charge in [0, 0.05) is 24.8 Å². The molecule has 1 aliphatic heterocycles. The van der Waals surface area contributed by atoms with Gasteiger partial charge in [0.25, 0.3) is 0 Å². The average molecular weight is 244 g/mol. The van der Waals surface area contributed by atoms with Crippen molar-refractivity contribution in [2.75, 3.05) is 6.54 Å². The van der Waals surface area contributed by atoms with Gasteiger partial charge in [-0.05, 0) is 45.4 Å². The molecule has 3 rings (SSSR count). The van der Waals surface area contributed by atoms with Crippen molar-refractivity contribution in [1.82, 2.24) is 19.4 Å². The van der Waals surface area contributed by atoms with Gasteiger partial charge in [0.05, 0.1) is 6.33 Å². The molecule has 1 atom stereocenters. The molecule has 4 heteroatoms. The van der Waals surface area contributed by atoms with Gasteiger partial charge in [0.2, 0.25) is 0 Å². The predicted molar refractivity (Wildman–Crippen MR) is 72.4 cm³/mol. The van der Waals surface area contributed by atoms with Crippen LogP contribution < -0.4 is 0 Å². The van der Waals surface area contributed by atoms with Gasteiger partial charge in [-0.1, -0.05) is 0 Å². The molecule has 0 N–H and O–H groups in total. The summed E-state index contributed by atoms with van der Waals surface area (Å²) < 4.78 is 2.20. The Morgan fingerprint density at radius 1 is 1.39 bits per heavy atom. The van der Waals surface area contributed by atoms with E-state index in [-0.39, 0.29) is 0 Å². The second kappa shape index (κ2) is 4.69. The number of hydrogen-bond donors (Lipinski definition) is 0. The molecule has 0 radical (unpaired) electrons. The molecule has 4 nitrogen and oxygen atoms in total. The Morgan fingerprint density at radius 2 is 2.28 bits per heavy atom. The Bertz CT molecular complexity index is 531. The number of nitrogens with zero attached hydrogens (tertiary/aromatic N) is 4. The summed E-state index contributed by atoms with van der Waals surface area (Å²) in [6, 6.07) is 5.22. The smallest absolute Gasteiger partial charge is 0.159 e. The minimum atomic E-state index is 0.625. The summed E-state index contributed by atoms with van der Waals surface area (Å²) in [6.07, 6.45) is 6.36. The Kier molecular flexibility index (Phi) is 3.04. The Balaban J connectivity index is 1.84. The lowest BCUT2D eigenvalue weighted by Crippen LogP contribution is -2.37. The summed E-state index contributed by atoms with van der Waals surface area (Å²) in [4.78, 5) is 11.4. The molecule has 96 valence electrons. The highest BCUT2D eigenvalue weighted by molar-refractivity contribution is 5.69. The molecule has 2 aromatic heterocycles. The van der Waals surface area contributed by atoms with Gasteiger partial charge in [0.1, 0.15) is 5.52 Å². The first-order valence-electron chi connectivity index (χ1n) is 6.77. The maximum absolute atomic E-state index is 4.44. The summed E-state index contributed by atoms with van der Waals surface area (Å²) in [5.74, 6) is 0.